The molecule has 3 atom stereocenters. The van der Waals surface area contributed by atoms with E-state index in [2.05, 4.69) is 72.6 Å². The number of nitrogens with two attached hydrogens (primary N) is 2. The predicted octanol–water partition coefficient (Wildman–Crippen LogP) is 13.2. The number of nitrogens with zero attached hydrogens (tertiary/aromatic N) is 9. The number of ether oxygens (including phenoxy) is 4. The van der Waals surface area contributed by atoms with Crippen LogP contribution in [0.25, 0.3) is 33.9 Å². The van der Waals surface area contributed by atoms with Crippen LogP contribution in [0.4, 0.5) is 0 Å². The molecule has 8 aliphatic rings. The Labute approximate surface area is 751 Å². The topological polar surface area (TPSA) is 354 Å². The first-order chi connectivity index (χ1) is 60.9. The number of carboxylic acid groups (broad SMARTS) is 2. The minimum Gasteiger partial charge on any atom is -0.496 e. The van der Waals surface area contributed by atoms with Crippen LogP contribution in [-0.2, 0) is 19.2 Å². The molecule has 692 valence electrons. The predicted molar refractivity (Wildman–Crippen MR) is 492 cm³/mol. The Bertz CT molecular complexity index is 4740. The summed E-state index contributed by atoms with van der Waals surface area (Å²) in [6, 6.07) is 24.8. The van der Waals surface area contributed by atoms with Crippen molar-refractivity contribution in [2.75, 3.05) is 129 Å². The number of carbonyl (C=O) groups excluding carboxylic acids is 6. The second-order valence-corrected chi connectivity index (χ2v) is 38.5. The summed E-state index contributed by atoms with van der Waals surface area (Å²) < 4.78 is 27.0. The Morgan fingerprint density at radius 2 is 0.835 bits per heavy atom. The molecule has 0 aliphatic heterocycles. The van der Waals surface area contributed by atoms with Gasteiger partial charge in [0, 0.05) is 44.2 Å². The van der Waals surface area contributed by atoms with Crippen LogP contribution < -0.4 is 46.4 Å². The normalized spacial score (nSPS) is 22.1. The number of Topliss-reactive ketones (excluding diaryl/α,β-unsaturated/α-hetero) is 1. The van der Waals surface area contributed by atoms with Gasteiger partial charge in [0.25, 0.3) is 23.6 Å². The zero-order valence-electron chi connectivity index (χ0n) is 77.7. The smallest absolute Gasteiger partial charge is 0.330 e. The molecular weight excluding hydrogens is 1610 g/mol. The zero-order valence-corrected chi connectivity index (χ0v) is 77.7. The zero-order chi connectivity index (χ0) is 91.3. The number of carbonyl (C=O) groups is 8. The van der Waals surface area contributed by atoms with Gasteiger partial charge in [0.2, 0.25) is 5.91 Å². The van der Waals surface area contributed by atoms with Gasteiger partial charge in [0.15, 0.2) is 11.4 Å². The maximum absolute atomic E-state index is 14.7. The Morgan fingerprint density at radius 3 is 1.20 bits per heavy atom. The van der Waals surface area contributed by atoms with Gasteiger partial charge in [-0.15, -0.1) is 0 Å². The van der Waals surface area contributed by atoms with Crippen molar-refractivity contribution in [1.29, 1.82) is 0 Å². The SMILES string of the molecule is COc1cccc(OC)c1-c1cc(C(=O)NC2(C(=O)O)C3CC4CC(C3)CC2C4)nn1-c1ccc(C(=O)N(C)CCCN(C)CCCC(C)C(CCCCCN(C)CCCN(C)CCCN(C)C(=O)c2ccc(-n3nc(C(=O)NC4(C(=O)O)C5CC6CC(C5)CC4C6)cc3-c3c(OC)cccc3OC)c(C(C)C)c2)C(=O)CNC(CCCCN)C(N)=O)cc1C(C)C. The number of hydrogen-bond acceptors (Lipinski definition) is 19. The van der Waals surface area contributed by atoms with Crippen LogP contribution >= 0.6 is 0 Å². The molecule has 28 heteroatoms. The molecule has 28 nitrogen and oxygen atoms in total. The lowest BCUT2D eigenvalue weighted by molar-refractivity contribution is -0.164. The van der Waals surface area contributed by atoms with Crippen LogP contribution in [0.15, 0.2) is 84.9 Å². The van der Waals surface area contributed by atoms with Crippen LogP contribution in [-0.4, -0.2) is 248 Å². The minimum absolute atomic E-state index is 0.0546. The molecule has 2 heterocycles. The van der Waals surface area contributed by atoms with Gasteiger partial charge in [-0.1, -0.05) is 66.0 Å². The summed E-state index contributed by atoms with van der Waals surface area (Å²) in [6.45, 7) is 17.1. The van der Waals surface area contributed by atoms with E-state index in [4.69, 9.17) is 40.6 Å². The molecule has 4 aromatic carbocycles. The molecule has 0 saturated heterocycles. The number of aliphatic carboxylic acids is 2. The van der Waals surface area contributed by atoms with Gasteiger partial charge in [-0.05, 0) is 338 Å². The van der Waals surface area contributed by atoms with E-state index in [0.29, 0.717) is 118 Å². The molecule has 127 heavy (non-hydrogen) atoms. The van der Waals surface area contributed by atoms with Gasteiger partial charge in [0.1, 0.15) is 39.9 Å². The highest BCUT2D eigenvalue weighted by molar-refractivity contribution is 6.00. The fourth-order valence-corrected chi connectivity index (χ4v) is 22.7. The summed E-state index contributed by atoms with van der Waals surface area (Å²) in [6.07, 6.45) is 18.3. The largest absolute Gasteiger partial charge is 0.496 e. The number of amides is 5. The van der Waals surface area contributed by atoms with Crippen molar-refractivity contribution in [3.8, 4) is 56.9 Å². The van der Waals surface area contributed by atoms with Crippen molar-refractivity contribution in [2.24, 2.45) is 70.6 Å². The highest BCUT2D eigenvalue weighted by atomic mass is 16.5. The third-order valence-electron chi connectivity index (χ3n) is 29.2. The number of unbranched alkanes of at least 4 members (excludes halogenated alkanes) is 3. The summed E-state index contributed by atoms with van der Waals surface area (Å²) in [5, 5.41) is 41.3. The fraction of sp³-hybridized carbons (Fsp3) is 0.616. The van der Waals surface area contributed by atoms with Crippen LogP contribution in [0.2, 0.25) is 0 Å². The van der Waals surface area contributed by atoms with Crippen molar-refractivity contribution in [3.63, 3.8) is 0 Å². The lowest BCUT2D eigenvalue weighted by atomic mass is 9.48. The average Bonchev–Trinajstić information content (AvgIpc) is 1.15. The molecular formula is C99H142N14O14. The number of hydrogen-bond donors (Lipinski definition) is 7. The van der Waals surface area contributed by atoms with Crippen LogP contribution in [0.3, 0.4) is 0 Å². The van der Waals surface area contributed by atoms with Crippen LogP contribution in [0, 0.1) is 59.2 Å². The molecule has 9 N–H and O–H groups in total. The molecule has 8 aliphatic carbocycles. The van der Waals surface area contributed by atoms with E-state index in [-0.39, 0.29) is 82.9 Å². The molecule has 8 bridgehead atoms. The molecule has 6 aromatic rings. The fourth-order valence-electron chi connectivity index (χ4n) is 22.7. The Hall–Kier alpha value is -9.74. The van der Waals surface area contributed by atoms with E-state index in [1.54, 1.807) is 71.9 Å². The number of methoxy groups -OCH3 is 4. The summed E-state index contributed by atoms with van der Waals surface area (Å²) in [4.78, 5) is 122. The average molecular weight is 1750 g/mol. The number of ketones is 1. The standard InChI is InChI=1S/C99H142N14O14/c1-61(2)75-56-68(33-35-80(75)112-82(89-85(124-11)29-20-30-86(89)125-12)58-78(105-112)92(116)103-98(96(120)121)70-48-64-46-65(50-70)51-71(98)49-64)94(118)110(9)44-24-42-108(7)39-22-26-63(5)74(84(114)60-102-77(91(101)115)28-17-18-37-100)27-16-15-19-38-107(6)40-23-41-109(8)43-25-45-111(10)95(119)69-34-36-81(76(57-69)62(3)4)113-83(90-87(126-13)31-21-32-88(90)127-14)59-79(106-113)93(117)104-99(97(122)123)72-52-66-47-67(54-72)55-73(99)53-66/h20-21,29-36,56-59,61-67,70-74,77,102H,15-19,22-28,37-55,60,100H2,1-14H3,(H2,101,115)(H,103,116)(H,104,117)(H,120,121)(H,122,123). The Morgan fingerprint density at radius 1 is 0.465 bits per heavy atom. The van der Waals surface area contributed by atoms with Crippen molar-refractivity contribution < 1.29 is 67.5 Å². The van der Waals surface area contributed by atoms with Crippen molar-refractivity contribution in [1.82, 2.24) is 60.0 Å². The summed E-state index contributed by atoms with van der Waals surface area (Å²) in [5.41, 5.74) is 15.1. The first-order valence-corrected chi connectivity index (χ1v) is 46.7. The maximum atomic E-state index is 14.7. The number of aromatic nitrogens is 4. The first kappa shape index (κ1) is 96.3. The van der Waals surface area contributed by atoms with Crippen molar-refractivity contribution >= 4 is 47.3 Å². The highest BCUT2D eigenvalue weighted by Crippen LogP contribution is 2.60. The first-order valence-electron chi connectivity index (χ1n) is 46.7. The molecule has 0 radical (unpaired) electrons. The molecule has 3 unspecified atom stereocenters. The lowest BCUT2D eigenvalue weighted by Crippen LogP contribution is -2.70. The molecule has 5 amide bonds. The van der Waals surface area contributed by atoms with E-state index in [1.807, 2.05) is 88.6 Å². The number of carboxylic acids is 2. The van der Waals surface area contributed by atoms with E-state index in [0.717, 1.165) is 185 Å². The maximum Gasteiger partial charge on any atom is 0.330 e. The molecule has 14 rings (SSSR count). The number of benzene rings is 4. The molecule has 8 saturated carbocycles. The highest BCUT2D eigenvalue weighted by Gasteiger charge is 2.64. The lowest BCUT2D eigenvalue weighted by Gasteiger charge is -2.59. The summed E-state index contributed by atoms with van der Waals surface area (Å²) >= 11 is 0. The quantitative estimate of drug-likeness (QED) is 0.0174. The van der Waals surface area contributed by atoms with E-state index >= 15 is 0 Å². The minimum atomic E-state index is -1.38. The van der Waals surface area contributed by atoms with Gasteiger partial charge in [0.05, 0.1) is 74.9 Å². The van der Waals surface area contributed by atoms with E-state index in [9.17, 15) is 48.6 Å². The second kappa shape index (κ2) is 43.1. The van der Waals surface area contributed by atoms with Gasteiger partial charge in [-0.2, -0.15) is 10.2 Å². The van der Waals surface area contributed by atoms with Gasteiger partial charge >= 0.3 is 11.9 Å². The van der Waals surface area contributed by atoms with Gasteiger partial charge in [-0.25, -0.2) is 19.0 Å². The van der Waals surface area contributed by atoms with E-state index < -0.39 is 46.8 Å². The third-order valence-corrected chi connectivity index (χ3v) is 29.2. The van der Waals surface area contributed by atoms with Gasteiger partial charge < -0.3 is 75.8 Å². The monoisotopic (exact) mass is 1750 g/mol. The summed E-state index contributed by atoms with van der Waals surface area (Å²) in [5.74, 6) is -0.702. The summed E-state index contributed by atoms with van der Waals surface area (Å²) in [7, 11) is 16.3. The molecule has 8 fully saturated rings. The Kier molecular flexibility index (Phi) is 32.7. The van der Waals surface area contributed by atoms with Crippen LogP contribution in [0.5, 0.6) is 23.0 Å². The Balaban J connectivity index is 0.597. The number of nitrogens with one attached hydrogen (secondary N) is 3. The third kappa shape index (κ3) is 21.7. The van der Waals surface area contributed by atoms with E-state index in [1.165, 1.54) is 0 Å². The van der Waals surface area contributed by atoms with Crippen molar-refractivity contribution in [2.45, 2.75) is 205 Å². The van der Waals surface area contributed by atoms with Crippen LogP contribution in [0.1, 0.15) is 241 Å². The second-order valence-electron chi connectivity index (χ2n) is 38.5. The van der Waals surface area contributed by atoms with Crippen molar-refractivity contribution in [3.05, 3.63) is 119 Å². The number of primary amides is 1. The van der Waals surface area contributed by atoms with Gasteiger partial charge in [-0.3, -0.25) is 34.1 Å². The molecule has 0 spiro atoms. The number of rotatable bonds is 50. The molecule has 2 aromatic heterocycles.